The van der Waals surface area contributed by atoms with Gasteiger partial charge in [0.1, 0.15) is 0 Å². The van der Waals surface area contributed by atoms with Gasteiger partial charge in [0.25, 0.3) is 0 Å². The first-order valence-electron chi connectivity index (χ1n) is 9.71. The quantitative estimate of drug-likeness (QED) is 0.699. The number of rotatable bonds is 7. The van der Waals surface area contributed by atoms with Gasteiger partial charge in [-0.15, -0.1) is 11.3 Å². The van der Waals surface area contributed by atoms with Crippen LogP contribution < -0.4 is 24.8 Å². The Morgan fingerprint density at radius 1 is 1.17 bits per heavy atom. The van der Waals surface area contributed by atoms with Gasteiger partial charge >= 0.3 is 6.03 Å². The average Bonchev–Trinajstić information content (AvgIpc) is 3.29. The van der Waals surface area contributed by atoms with E-state index in [2.05, 4.69) is 10.6 Å². The molecule has 1 aromatic carbocycles. The zero-order valence-corrected chi connectivity index (χ0v) is 18.2. The van der Waals surface area contributed by atoms with Crippen molar-refractivity contribution in [3.8, 4) is 17.2 Å². The number of ether oxygens (including phenoxy) is 3. The number of hydrogen-bond acceptors (Lipinski definition) is 6. The van der Waals surface area contributed by atoms with Crippen LogP contribution in [0.3, 0.4) is 0 Å². The van der Waals surface area contributed by atoms with Crippen molar-refractivity contribution in [2.24, 2.45) is 5.92 Å². The Kier molecular flexibility index (Phi) is 7.40. The smallest absolute Gasteiger partial charge is 0.322 e. The summed E-state index contributed by atoms with van der Waals surface area (Å²) >= 11 is 1.47. The number of piperidine rings is 1. The molecular weight excluding hydrogens is 406 g/mol. The SMILES string of the molecule is COc1cc(CNC(=O)C2CCCN(C(=O)Nc3cccs3)C2)cc(OC)c1OC. The number of urea groups is 1. The van der Waals surface area contributed by atoms with E-state index in [0.29, 0.717) is 36.9 Å². The van der Waals surface area contributed by atoms with E-state index < -0.39 is 0 Å². The van der Waals surface area contributed by atoms with E-state index in [1.807, 2.05) is 29.6 Å². The predicted molar refractivity (Wildman–Crippen MR) is 116 cm³/mol. The van der Waals surface area contributed by atoms with Gasteiger partial charge < -0.3 is 24.4 Å². The topological polar surface area (TPSA) is 89.1 Å². The number of carbonyl (C=O) groups excluding carboxylic acids is 2. The lowest BCUT2D eigenvalue weighted by Crippen LogP contribution is -2.46. The molecule has 1 atom stereocenters. The Labute approximate surface area is 180 Å². The Hall–Kier alpha value is -2.94. The van der Waals surface area contributed by atoms with E-state index in [1.54, 1.807) is 26.2 Å². The van der Waals surface area contributed by atoms with E-state index in [4.69, 9.17) is 14.2 Å². The molecule has 2 aromatic rings. The highest BCUT2D eigenvalue weighted by molar-refractivity contribution is 7.14. The molecule has 3 rings (SSSR count). The molecule has 162 valence electrons. The molecule has 3 amide bonds. The first-order chi connectivity index (χ1) is 14.5. The van der Waals surface area contributed by atoms with Crippen molar-refractivity contribution >= 4 is 28.3 Å². The van der Waals surface area contributed by atoms with Crippen LogP contribution in [0.2, 0.25) is 0 Å². The van der Waals surface area contributed by atoms with E-state index >= 15 is 0 Å². The summed E-state index contributed by atoms with van der Waals surface area (Å²) in [5.74, 6) is 1.27. The molecule has 0 aliphatic carbocycles. The number of methoxy groups -OCH3 is 3. The van der Waals surface area contributed by atoms with Crippen LogP contribution in [0.1, 0.15) is 18.4 Å². The maximum Gasteiger partial charge on any atom is 0.322 e. The highest BCUT2D eigenvalue weighted by atomic mass is 32.1. The molecule has 0 saturated carbocycles. The molecular formula is C21H27N3O5S. The number of thiophene rings is 1. The van der Waals surface area contributed by atoms with Crippen molar-refractivity contribution in [2.75, 3.05) is 39.7 Å². The monoisotopic (exact) mass is 433 g/mol. The lowest BCUT2D eigenvalue weighted by molar-refractivity contribution is -0.126. The van der Waals surface area contributed by atoms with Gasteiger partial charge in [0.05, 0.1) is 32.2 Å². The summed E-state index contributed by atoms with van der Waals surface area (Å²) in [6, 6.07) is 7.19. The molecule has 0 bridgehead atoms. The third-order valence-corrected chi connectivity index (χ3v) is 5.81. The zero-order valence-electron chi connectivity index (χ0n) is 17.4. The summed E-state index contributed by atoms with van der Waals surface area (Å²) in [6.45, 7) is 1.37. The number of benzene rings is 1. The molecule has 1 aliphatic heterocycles. The average molecular weight is 434 g/mol. The molecule has 2 heterocycles. The van der Waals surface area contributed by atoms with Gasteiger partial charge in [-0.2, -0.15) is 0 Å². The number of nitrogens with one attached hydrogen (secondary N) is 2. The van der Waals surface area contributed by atoms with Crippen molar-refractivity contribution in [3.05, 3.63) is 35.2 Å². The molecule has 9 heteroatoms. The minimum absolute atomic E-state index is 0.0719. The largest absolute Gasteiger partial charge is 0.493 e. The van der Waals surface area contributed by atoms with Crippen LogP contribution in [0.15, 0.2) is 29.6 Å². The van der Waals surface area contributed by atoms with E-state index in [1.165, 1.54) is 11.3 Å². The van der Waals surface area contributed by atoms with Crippen LogP contribution in [0.25, 0.3) is 0 Å². The Morgan fingerprint density at radius 3 is 2.50 bits per heavy atom. The zero-order chi connectivity index (χ0) is 21.5. The van der Waals surface area contributed by atoms with Gasteiger partial charge in [0, 0.05) is 19.6 Å². The first-order valence-corrected chi connectivity index (χ1v) is 10.6. The fraction of sp³-hybridized carbons (Fsp3) is 0.429. The molecule has 30 heavy (non-hydrogen) atoms. The van der Waals surface area contributed by atoms with Crippen molar-refractivity contribution in [3.63, 3.8) is 0 Å². The Bertz CT molecular complexity index is 847. The normalized spacial score (nSPS) is 16.0. The lowest BCUT2D eigenvalue weighted by atomic mass is 9.97. The summed E-state index contributed by atoms with van der Waals surface area (Å²) in [5, 5.41) is 8.55. The number of likely N-dealkylation sites (tertiary alicyclic amines) is 1. The van der Waals surface area contributed by atoms with Gasteiger partial charge in [-0.3, -0.25) is 10.1 Å². The van der Waals surface area contributed by atoms with Crippen molar-refractivity contribution in [1.82, 2.24) is 10.2 Å². The number of hydrogen-bond donors (Lipinski definition) is 2. The summed E-state index contributed by atoms with van der Waals surface area (Å²) in [7, 11) is 4.65. The molecule has 0 radical (unpaired) electrons. The maximum absolute atomic E-state index is 12.7. The lowest BCUT2D eigenvalue weighted by Gasteiger charge is -2.32. The highest BCUT2D eigenvalue weighted by Gasteiger charge is 2.28. The van der Waals surface area contributed by atoms with Crippen LogP contribution in [0.4, 0.5) is 9.80 Å². The fourth-order valence-electron chi connectivity index (χ4n) is 3.48. The molecule has 1 saturated heterocycles. The van der Waals surface area contributed by atoms with Crippen molar-refractivity contribution in [2.45, 2.75) is 19.4 Å². The van der Waals surface area contributed by atoms with Crippen molar-refractivity contribution in [1.29, 1.82) is 0 Å². The predicted octanol–water partition coefficient (Wildman–Crippen LogP) is 3.33. The van der Waals surface area contributed by atoms with E-state index in [-0.39, 0.29) is 17.9 Å². The maximum atomic E-state index is 12.7. The Balaban J connectivity index is 1.58. The second-order valence-electron chi connectivity index (χ2n) is 6.94. The van der Waals surface area contributed by atoms with Crippen LogP contribution in [0, 0.1) is 5.92 Å². The fourth-order valence-corrected chi connectivity index (χ4v) is 4.09. The van der Waals surface area contributed by atoms with Crippen molar-refractivity contribution < 1.29 is 23.8 Å². The standard InChI is InChI=1S/C21H27N3O5S/c1-27-16-10-14(11-17(28-2)19(16)29-3)12-22-20(25)15-6-4-8-24(13-15)21(26)23-18-7-5-9-30-18/h5,7,9-11,15H,4,6,8,12-13H2,1-3H3,(H,22,25)(H,23,26). The number of nitrogens with zero attached hydrogens (tertiary/aromatic N) is 1. The minimum atomic E-state index is -0.241. The summed E-state index contributed by atoms with van der Waals surface area (Å²) in [6.07, 6.45) is 1.55. The molecule has 1 aliphatic rings. The molecule has 2 N–H and O–H groups in total. The van der Waals surface area contributed by atoms with E-state index in [9.17, 15) is 9.59 Å². The third kappa shape index (κ3) is 5.15. The molecule has 8 nitrogen and oxygen atoms in total. The molecule has 1 fully saturated rings. The molecule has 0 spiro atoms. The van der Waals surface area contributed by atoms with Crippen LogP contribution in [-0.2, 0) is 11.3 Å². The van der Waals surface area contributed by atoms with Gasteiger partial charge in [-0.1, -0.05) is 0 Å². The third-order valence-electron chi connectivity index (χ3n) is 5.02. The van der Waals surface area contributed by atoms with Gasteiger partial charge in [0.15, 0.2) is 11.5 Å². The van der Waals surface area contributed by atoms with Gasteiger partial charge in [-0.05, 0) is 48.1 Å². The molecule has 1 unspecified atom stereocenters. The van der Waals surface area contributed by atoms with Crippen LogP contribution >= 0.6 is 11.3 Å². The number of carbonyl (C=O) groups is 2. The summed E-state index contributed by atoms with van der Waals surface area (Å²) < 4.78 is 16.0. The number of amides is 3. The summed E-state index contributed by atoms with van der Waals surface area (Å²) in [5.41, 5.74) is 0.834. The Morgan fingerprint density at radius 2 is 1.90 bits per heavy atom. The van der Waals surface area contributed by atoms with Gasteiger partial charge in [0.2, 0.25) is 11.7 Å². The van der Waals surface area contributed by atoms with Crippen LogP contribution in [-0.4, -0.2) is 51.3 Å². The van der Waals surface area contributed by atoms with E-state index in [0.717, 1.165) is 23.4 Å². The highest BCUT2D eigenvalue weighted by Crippen LogP contribution is 2.38. The van der Waals surface area contributed by atoms with Gasteiger partial charge in [-0.25, -0.2) is 4.79 Å². The van der Waals surface area contributed by atoms with Crippen LogP contribution in [0.5, 0.6) is 17.2 Å². The first kappa shape index (κ1) is 21.8. The second-order valence-corrected chi connectivity index (χ2v) is 7.89. The minimum Gasteiger partial charge on any atom is -0.493 e. The summed E-state index contributed by atoms with van der Waals surface area (Å²) in [4.78, 5) is 26.9. The number of anilines is 1. The molecule has 1 aromatic heterocycles. The second kappa shape index (κ2) is 10.2.